The van der Waals surface area contributed by atoms with E-state index in [0.717, 1.165) is 0 Å². The molecule has 0 aliphatic heterocycles. The van der Waals surface area contributed by atoms with E-state index in [9.17, 15) is 14.4 Å². The number of hydrogen-bond donors (Lipinski definition) is 4. The molecule has 68 valence electrons. The Morgan fingerprint density at radius 3 is 1.92 bits per heavy atom. The van der Waals surface area contributed by atoms with Crippen LogP contribution in [0.15, 0.2) is 14.4 Å². The highest BCUT2D eigenvalue weighted by atomic mass is 32.1. The van der Waals surface area contributed by atoms with Crippen molar-refractivity contribution in [1.82, 2.24) is 19.9 Å². The molecule has 0 bridgehead atoms. The number of hydrogen-bond acceptors (Lipinski definition) is 3. The molecule has 2 aromatic heterocycles. The summed E-state index contributed by atoms with van der Waals surface area (Å²) in [6.07, 6.45) is 0. The van der Waals surface area contributed by atoms with Crippen molar-refractivity contribution >= 4 is 24.7 Å². The lowest BCUT2D eigenvalue weighted by molar-refractivity contribution is 1.07. The van der Waals surface area contributed by atoms with E-state index in [0.29, 0.717) is 0 Å². The zero-order valence-electron chi connectivity index (χ0n) is 6.13. The second kappa shape index (κ2) is 2.98. The van der Waals surface area contributed by atoms with Gasteiger partial charge in [0.25, 0.3) is 5.56 Å². The summed E-state index contributed by atoms with van der Waals surface area (Å²) in [5.74, 6) is 0. The third-order valence-corrected chi connectivity index (χ3v) is 1.42. The first-order valence-corrected chi connectivity index (χ1v) is 3.11. The SMILES string of the molecule is O=c1[nH]c(=O)c2[nH]c(=O)[nH]c2[nH]1.[S]. The second-order valence-electron chi connectivity index (χ2n) is 2.24. The van der Waals surface area contributed by atoms with Crippen molar-refractivity contribution in [2.24, 2.45) is 0 Å². The van der Waals surface area contributed by atoms with E-state index < -0.39 is 16.9 Å². The van der Waals surface area contributed by atoms with Crippen molar-refractivity contribution < 1.29 is 0 Å². The van der Waals surface area contributed by atoms with Gasteiger partial charge in [0.05, 0.1) is 0 Å². The molecular weight excluding hydrogens is 196 g/mol. The zero-order chi connectivity index (χ0) is 8.72. The van der Waals surface area contributed by atoms with Crippen molar-refractivity contribution in [3.8, 4) is 0 Å². The van der Waals surface area contributed by atoms with Gasteiger partial charge < -0.3 is 0 Å². The molecule has 0 saturated carbocycles. The average Bonchev–Trinajstić information content (AvgIpc) is 2.29. The van der Waals surface area contributed by atoms with E-state index in [1.54, 1.807) is 0 Å². The molecule has 0 aliphatic carbocycles. The molecule has 4 N–H and O–H groups in total. The van der Waals surface area contributed by atoms with Crippen molar-refractivity contribution in [3.05, 3.63) is 31.3 Å². The lowest BCUT2D eigenvalue weighted by Gasteiger charge is -1.83. The highest BCUT2D eigenvalue weighted by Crippen LogP contribution is 1.88. The Balaban J connectivity index is 0.000000845. The molecule has 0 unspecified atom stereocenters. The summed E-state index contributed by atoms with van der Waals surface area (Å²) in [6.45, 7) is 0. The minimum atomic E-state index is -0.650. The van der Waals surface area contributed by atoms with E-state index >= 15 is 0 Å². The molecule has 8 heteroatoms. The van der Waals surface area contributed by atoms with Gasteiger partial charge in [0, 0.05) is 13.5 Å². The van der Waals surface area contributed by atoms with E-state index in [2.05, 4.69) is 15.0 Å². The Bertz CT molecular complexity index is 588. The Kier molecular flexibility index (Phi) is 2.15. The molecule has 0 fully saturated rings. The van der Waals surface area contributed by atoms with Gasteiger partial charge in [-0.05, 0) is 0 Å². The van der Waals surface area contributed by atoms with Gasteiger partial charge in [0.15, 0.2) is 0 Å². The fraction of sp³-hybridized carbons (Fsp3) is 0. The summed E-state index contributed by atoms with van der Waals surface area (Å²) < 4.78 is 0. The molecule has 0 amide bonds. The monoisotopic (exact) mass is 200 g/mol. The van der Waals surface area contributed by atoms with Crippen molar-refractivity contribution in [2.75, 3.05) is 0 Å². The molecule has 0 spiro atoms. The fourth-order valence-electron chi connectivity index (χ4n) is 0.958. The number of aromatic amines is 4. The molecule has 0 saturated heterocycles. The highest BCUT2D eigenvalue weighted by Gasteiger charge is 2.02. The predicted molar refractivity (Wildman–Crippen MR) is 47.8 cm³/mol. The molecular formula is C5H4N4O3S. The maximum absolute atomic E-state index is 10.9. The molecule has 2 radical (unpaired) electrons. The summed E-state index contributed by atoms with van der Waals surface area (Å²) in [7, 11) is 0. The van der Waals surface area contributed by atoms with Crippen LogP contribution in [0.4, 0.5) is 0 Å². The molecule has 7 nitrogen and oxygen atoms in total. The molecule has 13 heavy (non-hydrogen) atoms. The lowest BCUT2D eigenvalue weighted by Crippen LogP contribution is -2.21. The maximum Gasteiger partial charge on any atom is 0.327 e. The minimum absolute atomic E-state index is 0. The number of fused-ring (bicyclic) bond motifs is 1. The Morgan fingerprint density at radius 1 is 0.769 bits per heavy atom. The largest absolute Gasteiger partial charge is 0.327 e. The molecule has 2 aromatic rings. The van der Waals surface area contributed by atoms with Crippen molar-refractivity contribution in [1.29, 1.82) is 0 Å². The van der Waals surface area contributed by atoms with Crippen LogP contribution in [-0.2, 0) is 0 Å². The molecule has 0 aromatic carbocycles. The van der Waals surface area contributed by atoms with Gasteiger partial charge in [-0.25, -0.2) is 9.59 Å². The van der Waals surface area contributed by atoms with E-state index in [1.807, 2.05) is 4.98 Å². The van der Waals surface area contributed by atoms with Crippen LogP contribution in [0.1, 0.15) is 0 Å². The van der Waals surface area contributed by atoms with Gasteiger partial charge in [-0.2, -0.15) is 0 Å². The van der Waals surface area contributed by atoms with Crippen LogP contribution < -0.4 is 16.9 Å². The molecule has 2 heterocycles. The number of H-pyrrole nitrogens is 4. The van der Waals surface area contributed by atoms with Crippen LogP contribution in [0.25, 0.3) is 11.2 Å². The zero-order valence-corrected chi connectivity index (χ0v) is 6.95. The summed E-state index contributed by atoms with van der Waals surface area (Å²) in [5, 5.41) is 0. The summed E-state index contributed by atoms with van der Waals surface area (Å²) in [4.78, 5) is 41.0. The third kappa shape index (κ3) is 1.43. The second-order valence-corrected chi connectivity index (χ2v) is 2.24. The van der Waals surface area contributed by atoms with Gasteiger partial charge in [-0.1, -0.05) is 0 Å². The minimum Gasteiger partial charge on any atom is -0.300 e. The van der Waals surface area contributed by atoms with Crippen molar-refractivity contribution in [3.63, 3.8) is 0 Å². The lowest BCUT2D eigenvalue weighted by atomic mass is 10.5. The van der Waals surface area contributed by atoms with Crippen LogP contribution >= 0.6 is 13.5 Å². The van der Waals surface area contributed by atoms with Gasteiger partial charge in [0.1, 0.15) is 11.2 Å². The third-order valence-electron chi connectivity index (χ3n) is 1.42. The first kappa shape index (κ1) is 9.39. The first-order valence-electron chi connectivity index (χ1n) is 3.11. The van der Waals surface area contributed by atoms with Crippen molar-refractivity contribution in [2.45, 2.75) is 0 Å². The smallest absolute Gasteiger partial charge is 0.300 e. The summed E-state index contributed by atoms with van der Waals surface area (Å²) >= 11 is 0. The Morgan fingerprint density at radius 2 is 1.31 bits per heavy atom. The van der Waals surface area contributed by atoms with Gasteiger partial charge in [-0.3, -0.25) is 24.7 Å². The molecule has 2 rings (SSSR count). The maximum atomic E-state index is 10.9. The Labute approximate surface area is 76.7 Å². The summed E-state index contributed by atoms with van der Waals surface area (Å²) in [6, 6.07) is 0. The van der Waals surface area contributed by atoms with Gasteiger partial charge >= 0.3 is 11.4 Å². The normalized spacial score (nSPS) is 9.85. The topological polar surface area (TPSA) is 114 Å². The van der Waals surface area contributed by atoms with Gasteiger partial charge in [-0.15, -0.1) is 0 Å². The quantitative estimate of drug-likeness (QED) is 0.431. The number of imidazole rings is 1. The molecule has 0 aliphatic rings. The number of aromatic nitrogens is 4. The van der Waals surface area contributed by atoms with E-state index in [4.69, 9.17) is 0 Å². The van der Waals surface area contributed by atoms with Crippen LogP contribution in [-0.4, -0.2) is 19.9 Å². The van der Waals surface area contributed by atoms with Crippen LogP contribution in [0.5, 0.6) is 0 Å². The predicted octanol–water partition coefficient (Wildman–Crippen LogP) is -1.12. The van der Waals surface area contributed by atoms with E-state index in [-0.39, 0.29) is 24.7 Å². The highest BCUT2D eigenvalue weighted by molar-refractivity contribution is 7.59. The Hall–Kier alpha value is -1.70. The average molecular weight is 200 g/mol. The molecule has 0 atom stereocenters. The van der Waals surface area contributed by atoms with Crippen LogP contribution in [0.2, 0.25) is 0 Å². The number of nitrogens with one attached hydrogen (secondary N) is 4. The number of rotatable bonds is 0. The van der Waals surface area contributed by atoms with Crippen LogP contribution in [0.3, 0.4) is 0 Å². The van der Waals surface area contributed by atoms with Gasteiger partial charge in [0.2, 0.25) is 0 Å². The summed E-state index contributed by atoms with van der Waals surface area (Å²) in [5.41, 5.74) is -1.65. The standard InChI is InChI=1S/C5H4N4O3.S/c10-3-1-2(7-4(11)6-1)8-5(12)9-3;/h(H4,6,7,8,9,10,11,12);. The van der Waals surface area contributed by atoms with Crippen LogP contribution in [0, 0.1) is 0 Å². The first-order chi connectivity index (χ1) is 5.66. The van der Waals surface area contributed by atoms with E-state index in [1.165, 1.54) is 0 Å². The fourth-order valence-corrected chi connectivity index (χ4v) is 0.958.